The standard InChI is InChI=1S/C11H26O7P2/c1-5-9(10(12,6-2)7-3)11(8-4,19(13,14)15)20(16,17)18/h9,12H,5-8H2,1-4H3,(H2,13,14,15)(H2,16,17,18). The predicted octanol–water partition coefficient (Wildman–Crippen LogP) is 2.03. The highest BCUT2D eigenvalue weighted by Gasteiger charge is 2.66. The molecule has 0 amide bonds. The Kier molecular flexibility index (Phi) is 6.66. The number of hydrogen-bond acceptors (Lipinski definition) is 3. The van der Waals surface area contributed by atoms with Crippen LogP contribution in [-0.2, 0) is 9.13 Å². The molecule has 0 saturated carbocycles. The minimum Gasteiger partial charge on any atom is -0.390 e. The summed E-state index contributed by atoms with van der Waals surface area (Å²) in [6, 6.07) is 0. The highest BCUT2D eigenvalue weighted by molar-refractivity contribution is 7.72. The molecule has 9 heteroatoms. The van der Waals surface area contributed by atoms with Gasteiger partial charge in [0.05, 0.1) is 5.60 Å². The summed E-state index contributed by atoms with van der Waals surface area (Å²) < 4.78 is 23.8. The summed E-state index contributed by atoms with van der Waals surface area (Å²) in [5.74, 6) is -1.20. The van der Waals surface area contributed by atoms with Gasteiger partial charge in [0, 0.05) is 5.92 Å². The third-order valence-corrected chi connectivity index (χ3v) is 9.21. The zero-order valence-electron chi connectivity index (χ0n) is 12.4. The Labute approximate surface area is 119 Å². The summed E-state index contributed by atoms with van der Waals surface area (Å²) in [5, 5.41) is 10.6. The summed E-state index contributed by atoms with van der Waals surface area (Å²) >= 11 is 0. The van der Waals surface area contributed by atoms with Crippen LogP contribution in [0.3, 0.4) is 0 Å². The lowest BCUT2D eigenvalue weighted by Crippen LogP contribution is -2.50. The van der Waals surface area contributed by atoms with Crippen molar-refractivity contribution in [2.45, 2.75) is 63.9 Å². The molecule has 1 unspecified atom stereocenters. The second-order valence-corrected chi connectivity index (χ2v) is 9.22. The fourth-order valence-electron chi connectivity index (χ4n) is 3.11. The third-order valence-electron chi connectivity index (χ3n) is 4.37. The monoisotopic (exact) mass is 332 g/mol. The van der Waals surface area contributed by atoms with Gasteiger partial charge in [0.2, 0.25) is 0 Å². The first-order valence-corrected chi connectivity index (χ1v) is 9.94. The molecule has 122 valence electrons. The van der Waals surface area contributed by atoms with E-state index in [9.17, 15) is 33.8 Å². The fourth-order valence-corrected chi connectivity index (χ4v) is 6.95. The minimum atomic E-state index is -5.15. The maximum Gasteiger partial charge on any atom is 0.344 e. The molecule has 0 bridgehead atoms. The summed E-state index contributed by atoms with van der Waals surface area (Å²) in [5.41, 5.74) is -1.53. The zero-order chi connectivity index (χ0) is 16.4. The van der Waals surface area contributed by atoms with Gasteiger partial charge < -0.3 is 24.7 Å². The van der Waals surface area contributed by atoms with Gasteiger partial charge in [-0.25, -0.2) is 0 Å². The van der Waals surface area contributed by atoms with E-state index in [1.54, 1.807) is 20.8 Å². The zero-order valence-corrected chi connectivity index (χ0v) is 14.1. The smallest absolute Gasteiger partial charge is 0.344 e. The van der Waals surface area contributed by atoms with Crippen LogP contribution in [0.2, 0.25) is 0 Å². The lowest BCUT2D eigenvalue weighted by molar-refractivity contribution is -0.0404. The van der Waals surface area contributed by atoms with Crippen molar-refractivity contribution < 1.29 is 33.8 Å². The van der Waals surface area contributed by atoms with Crippen molar-refractivity contribution in [1.82, 2.24) is 0 Å². The summed E-state index contributed by atoms with van der Waals surface area (Å²) in [6.07, 6.45) is -0.0435. The molecule has 7 nitrogen and oxygen atoms in total. The van der Waals surface area contributed by atoms with Crippen molar-refractivity contribution >= 4 is 15.2 Å². The molecule has 0 aromatic carbocycles. The Hall–Kier alpha value is 0.260. The van der Waals surface area contributed by atoms with Crippen LogP contribution < -0.4 is 0 Å². The van der Waals surface area contributed by atoms with Crippen molar-refractivity contribution in [2.24, 2.45) is 5.92 Å². The molecule has 20 heavy (non-hydrogen) atoms. The lowest BCUT2D eigenvalue weighted by Gasteiger charge is -2.47. The minimum absolute atomic E-state index is 0.0578. The van der Waals surface area contributed by atoms with Gasteiger partial charge in [-0.3, -0.25) is 9.13 Å². The molecule has 0 aliphatic heterocycles. The van der Waals surface area contributed by atoms with Crippen LogP contribution >= 0.6 is 15.2 Å². The van der Waals surface area contributed by atoms with Crippen molar-refractivity contribution in [2.75, 3.05) is 0 Å². The SMILES string of the molecule is CCC(C(O)(CC)CC)C(CC)(P(=O)(O)O)P(=O)(O)O. The Morgan fingerprint density at radius 3 is 1.35 bits per heavy atom. The van der Waals surface area contributed by atoms with Gasteiger partial charge >= 0.3 is 15.2 Å². The Morgan fingerprint density at radius 2 is 1.20 bits per heavy atom. The van der Waals surface area contributed by atoms with E-state index in [-0.39, 0.29) is 19.3 Å². The molecular weight excluding hydrogens is 306 g/mol. The third kappa shape index (κ3) is 3.20. The molecule has 0 saturated heterocycles. The van der Waals surface area contributed by atoms with E-state index in [0.717, 1.165) is 0 Å². The van der Waals surface area contributed by atoms with Crippen molar-refractivity contribution in [3.63, 3.8) is 0 Å². The maximum absolute atomic E-state index is 11.9. The quantitative estimate of drug-likeness (QED) is 0.429. The lowest BCUT2D eigenvalue weighted by atomic mass is 9.78. The average molecular weight is 332 g/mol. The van der Waals surface area contributed by atoms with Gasteiger partial charge in [-0.15, -0.1) is 0 Å². The van der Waals surface area contributed by atoms with Crippen LogP contribution in [0.25, 0.3) is 0 Å². The number of aliphatic hydroxyl groups is 1. The molecule has 0 aliphatic rings. The van der Waals surface area contributed by atoms with Gasteiger partial charge in [0.1, 0.15) is 0 Å². The predicted molar refractivity (Wildman–Crippen MR) is 76.4 cm³/mol. The molecule has 1 atom stereocenters. The Balaban J connectivity index is 6.39. The van der Waals surface area contributed by atoms with Crippen LogP contribution in [0.5, 0.6) is 0 Å². The van der Waals surface area contributed by atoms with E-state index in [1.807, 2.05) is 0 Å². The van der Waals surface area contributed by atoms with Crippen LogP contribution in [-0.4, -0.2) is 35.2 Å². The molecular formula is C11H26O7P2. The molecule has 0 aliphatic carbocycles. The summed E-state index contributed by atoms with van der Waals surface area (Å²) in [4.78, 5) is 36.0. The van der Waals surface area contributed by atoms with Crippen molar-refractivity contribution in [3.8, 4) is 0 Å². The van der Waals surface area contributed by atoms with E-state index < -0.39 is 38.0 Å². The second kappa shape index (κ2) is 6.57. The number of hydrogen-bond donors (Lipinski definition) is 5. The average Bonchev–Trinajstić information content (AvgIpc) is 2.31. The molecule has 0 aromatic rings. The van der Waals surface area contributed by atoms with Crippen LogP contribution in [0.15, 0.2) is 0 Å². The molecule has 0 spiro atoms. The Morgan fingerprint density at radius 1 is 0.850 bits per heavy atom. The van der Waals surface area contributed by atoms with E-state index >= 15 is 0 Å². The first kappa shape index (κ1) is 20.3. The first-order chi connectivity index (χ1) is 8.87. The summed E-state index contributed by atoms with van der Waals surface area (Å²) in [7, 11) is -10.3. The topological polar surface area (TPSA) is 135 Å². The van der Waals surface area contributed by atoms with E-state index in [2.05, 4.69) is 0 Å². The van der Waals surface area contributed by atoms with Crippen LogP contribution in [0.1, 0.15) is 53.4 Å². The van der Waals surface area contributed by atoms with Crippen LogP contribution in [0.4, 0.5) is 0 Å². The molecule has 0 radical (unpaired) electrons. The number of rotatable bonds is 8. The highest BCUT2D eigenvalue weighted by Crippen LogP contribution is 2.75. The molecule has 0 heterocycles. The van der Waals surface area contributed by atoms with Gasteiger partial charge in [-0.1, -0.05) is 27.7 Å². The molecule has 0 rings (SSSR count). The van der Waals surface area contributed by atoms with Crippen LogP contribution in [0, 0.1) is 5.92 Å². The molecule has 0 fully saturated rings. The van der Waals surface area contributed by atoms with Gasteiger partial charge in [0.25, 0.3) is 0 Å². The molecule has 5 N–H and O–H groups in total. The highest BCUT2D eigenvalue weighted by atomic mass is 31.2. The van der Waals surface area contributed by atoms with Crippen molar-refractivity contribution in [1.29, 1.82) is 0 Å². The van der Waals surface area contributed by atoms with E-state index in [1.165, 1.54) is 6.92 Å². The summed E-state index contributed by atoms with van der Waals surface area (Å²) in [6.45, 7) is 6.15. The van der Waals surface area contributed by atoms with Gasteiger partial charge in [-0.05, 0) is 25.7 Å². The molecule has 0 aromatic heterocycles. The largest absolute Gasteiger partial charge is 0.390 e. The van der Waals surface area contributed by atoms with Crippen molar-refractivity contribution in [3.05, 3.63) is 0 Å². The maximum atomic E-state index is 11.9. The van der Waals surface area contributed by atoms with Gasteiger partial charge in [0.15, 0.2) is 4.90 Å². The van der Waals surface area contributed by atoms with Gasteiger partial charge in [-0.2, -0.15) is 0 Å². The fraction of sp³-hybridized carbons (Fsp3) is 1.00. The first-order valence-electron chi connectivity index (χ1n) is 6.71. The second-order valence-electron chi connectivity index (χ2n) is 5.09. The van der Waals surface area contributed by atoms with E-state index in [4.69, 9.17) is 0 Å². The Bertz CT molecular complexity index is 385. The van der Waals surface area contributed by atoms with E-state index in [0.29, 0.717) is 0 Å². The normalized spacial score (nSPS) is 16.2.